The SMILES string of the molecule is CCOc1cc(-n2cc(CN3CCN[C@H](c4ccc5c(c4C)COC5=O)C3)cn2)ncc1C#N. The van der Waals surface area contributed by atoms with E-state index in [1.54, 1.807) is 10.7 Å². The van der Waals surface area contributed by atoms with E-state index in [1.165, 1.54) is 11.8 Å². The first-order valence-corrected chi connectivity index (χ1v) is 11.4. The van der Waals surface area contributed by atoms with Crippen molar-refractivity contribution in [2.45, 2.75) is 33.0 Å². The van der Waals surface area contributed by atoms with Gasteiger partial charge in [0.1, 0.15) is 24.0 Å². The van der Waals surface area contributed by atoms with Crippen LogP contribution in [0.3, 0.4) is 0 Å². The van der Waals surface area contributed by atoms with Gasteiger partial charge in [0.2, 0.25) is 0 Å². The lowest BCUT2D eigenvalue weighted by Gasteiger charge is -2.34. The first-order valence-electron chi connectivity index (χ1n) is 11.4. The number of benzene rings is 1. The second-order valence-electron chi connectivity index (χ2n) is 8.50. The third-order valence-corrected chi connectivity index (χ3v) is 6.39. The number of cyclic esters (lactones) is 1. The molecule has 9 heteroatoms. The topological polar surface area (TPSA) is 105 Å². The molecule has 0 bridgehead atoms. The number of fused-ring (bicyclic) bond motifs is 1. The molecule has 5 rings (SSSR count). The number of pyridine rings is 1. The predicted molar refractivity (Wildman–Crippen MR) is 124 cm³/mol. The number of hydrogen-bond donors (Lipinski definition) is 1. The van der Waals surface area contributed by atoms with Crippen LogP contribution in [0, 0.1) is 18.3 Å². The number of rotatable bonds is 6. The molecule has 1 atom stereocenters. The summed E-state index contributed by atoms with van der Waals surface area (Å²) in [4.78, 5) is 18.6. The molecule has 0 aliphatic carbocycles. The second-order valence-corrected chi connectivity index (χ2v) is 8.50. The molecule has 2 aliphatic rings. The van der Waals surface area contributed by atoms with Gasteiger partial charge in [-0.25, -0.2) is 14.5 Å². The number of hydrogen-bond acceptors (Lipinski definition) is 8. The first-order chi connectivity index (χ1) is 16.6. The van der Waals surface area contributed by atoms with E-state index in [4.69, 9.17) is 9.47 Å². The molecule has 2 aliphatic heterocycles. The van der Waals surface area contributed by atoms with Crippen LogP contribution in [0.1, 0.15) is 51.1 Å². The molecule has 0 spiro atoms. The Kier molecular flexibility index (Phi) is 6.01. The van der Waals surface area contributed by atoms with Gasteiger partial charge in [-0.1, -0.05) is 6.07 Å². The Labute approximate surface area is 197 Å². The van der Waals surface area contributed by atoms with Gasteiger partial charge in [0, 0.05) is 55.6 Å². The van der Waals surface area contributed by atoms with Crippen molar-refractivity contribution in [3.63, 3.8) is 0 Å². The van der Waals surface area contributed by atoms with Crippen molar-refractivity contribution in [1.82, 2.24) is 25.0 Å². The van der Waals surface area contributed by atoms with Crippen LogP contribution in [0.2, 0.25) is 0 Å². The van der Waals surface area contributed by atoms with Crippen molar-refractivity contribution in [2.24, 2.45) is 0 Å². The Balaban J connectivity index is 1.30. The number of nitrogens with zero attached hydrogens (tertiary/aromatic N) is 5. The minimum atomic E-state index is -0.231. The van der Waals surface area contributed by atoms with E-state index in [-0.39, 0.29) is 12.0 Å². The Hall–Kier alpha value is -3.74. The molecule has 0 radical (unpaired) electrons. The molecular formula is C25H26N6O3. The highest BCUT2D eigenvalue weighted by molar-refractivity contribution is 5.94. The van der Waals surface area contributed by atoms with E-state index in [1.807, 2.05) is 31.5 Å². The van der Waals surface area contributed by atoms with E-state index in [0.29, 0.717) is 35.9 Å². The average molecular weight is 459 g/mol. The number of nitriles is 1. The van der Waals surface area contributed by atoms with Crippen molar-refractivity contribution in [1.29, 1.82) is 5.26 Å². The van der Waals surface area contributed by atoms with Gasteiger partial charge in [-0.3, -0.25) is 4.90 Å². The summed E-state index contributed by atoms with van der Waals surface area (Å²) in [5.41, 5.74) is 5.52. The molecule has 1 aromatic carbocycles. The minimum Gasteiger partial charge on any atom is -0.492 e. The summed E-state index contributed by atoms with van der Waals surface area (Å²) < 4.78 is 12.5. The third-order valence-electron chi connectivity index (χ3n) is 6.39. The van der Waals surface area contributed by atoms with Crippen molar-refractivity contribution < 1.29 is 14.3 Å². The Bertz CT molecular complexity index is 1280. The number of carbonyl (C=O) groups excluding carboxylic acids is 1. The van der Waals surface area contributed by atoms with Crippen LogP contribution in [0.25, 0.3) is 5.82 Å². The van der Waals surface area contributed by atoms with Crippen LogP contribution in [0.5, 0.6) is 5.75 Å². The highest BCUT2D eigenvalue weighted by Gasteiger charge is 2.28. The Morgan fingerprint density at radius 3 is 3.06 bits per heavy atom. The summed E-state index contributed by atoms with van der Waals surface area (Å²) in [5.74, 6) is 0.885. The molecule has 3 aromatic rings. The molecule has 0 saturated carbocycles. The van der Waals surface area contributed by atoms with Gasteiger partial charge < -0.3 is 14.8 Å². The Morgan fingerprint density at radius 1 is 1.35 bits per heavy atom. The van der Waals surface area contributed by atoms with Gasteiger partial charge in [0.25, 0.3) is 0 Å². The number of esters is 1. The van der Waals surface area contributed by atoms with Crippen molar-refractivity contribution >= 4 is 5.97 Å². The van der Waals surface area contributed by atoms with Crippen molar-refractivity contribution in [3.05, 3.63) is 70.2 Å². The summed E-state index contributed by atoms with van der Waals surface area (Å²) in [5, 5.41) is 17.3. The lowest BCUT2D eigenvalue weighted by molar-refractivity contribution is 0.0535. The van der Waals surface area contributed by atoms with Gasteiger partial charge in [0.15, 0.2) is 5.82 Å². The standard InChI is InChI=1S/C25H26N6O3/c1-3-33-23-8-24(28-11-18(23)9-26)31-13-17(10-29-31)12-30-7-6-27-22(14-30)19-4-5-20-21(16(19)2)15-34-25(20)32/h4-5,8,10-11,13,22,27H,3,6-7,12,14-15H2,1-2H3/t22-/m0/s1. The molecule has 2 aromatic heterocycles. The monoisotopic (exact) mass is 458 g/mol. The highest BCUT2D eigenvalue weighted by atomic mass is 16.5. The average Bonchev–Trinajstić information content (AvgIpc) is 3.47. The van der Waals surface area contributed by atoms with E-state index in [2.05, 4.69) is 33.3 Å². The fourth-order valence-corrected chi connectivity index (χ4v) is 4.64. The zero-order valence-electron chi connectivity index (χ0n) is 19.2. The molecule has 174 valence electrons. The summed E-state index contributed by atoms with van der Waals surface area (Å²) in [6, 6.07) is 7.96. The Morgan fingerprint density at radius 2 is 2.24 bits per heavy atom. The number of aromatic nitrogens is 3. The highest BCUT2D eigenvalue weighted by Crippen LogP contribution is 2.30. The molecule has 1 fully saturated rings. The normalized spacial score (nSPS) is 17.8. The van der Waals surface area contributed by atoms with Crippen LogP contribution in [0.4, 0.5) is 0 Å². The maximum atomic E-state index is 11.9. The zero-order valence-corrected chi connectivity index (χ0v) is 19.2. The first kappa shape index (κ1) is 22.1. The van der Waals surface area contributed by atoms with Crippen LogP contribution >= 0.6 is 0 Å². The van der Waals surface area contributed by atoms with Gasteiger partial charge >= 0.3 is 5.97 Å². The molecule has 1 N–H and O–H groups in total. The fourth-order valence-electron chi connectivity index (χ4n) is 4.64. The summed E-state index contributed by atoms with van der Waals surface area (Å²) >= 11 is 0. The maximum absolute atomic E-state index is 11.9. The number of piperazine rings is 1. The predicted octanol–water partition coefficient (Wildman–Crippen LogP) is 2.66. The summed E-state index contributed by atoms with van der Waals surface area (Å²) in [6.45, 7) is 8.20. The molecule has 0 unspecified atom stereocenters. The number of nitrogens with one attached hydrogen (secondary N) is 1. The smallest absolute Gasteiger partial charge is 0.338 e. The van der Waals surface area contributed by atoms with E-state index >= 15 is 0 Å². The van der Waals surface area contributed by atoms with E-state index in [0.717, 1.165) is 42.9 Å². The van der Waals surface area contributed by atoms with Gasteiger partial charge in [-0.2, -0.15) is 10.4 Å². The van der Waals surface area contributed by atoms with Crippen LogP contribution in [-0.4, -0.2) is 51.9 Å². The zero-order chi connectivity index (χ0) is 23.7. The van der Waals surface area contributed by atoms with Crippen molar-refractivity contribution in [3.8, 4) is 17.6 Å². The molecular weight excluding hydrogens is 432 g/mol. The molecule has 4 heterocycles. The number of ether oxygens (including phenoxy) is 2. The fraction of sp³-hybridized carbons (Fsp3) is 0.360. The maximum Gasteiger partial charge on any atom is 0.338 e. The lowest BCUT2D eigenvalue weighted by atomic mass is 9.93. The molecule has 34 heavy (non-hydrogen) atoms. The number of carbonyl (C=O) groups is 1. The van der Waals surface area contributed by atoms with Crippen LogP contribution in [-0.2, 0) is 17.9 Å². The largest absolute Gasteiger partial charge is 0.492 e. The van der Waals surface area contributed by atoms with Crippen molar-refractivity contribution in [2.75, 3.05) is 26.2 Å². The summed E-state index contributed by atoms with van der Waals surface area (Å²) in [6.07, 6.45) is 5.33. The molecule has 9 nitrogen and oxygen atoms in total. The third kappa shape index (κ3) is 4.14. The quantitative estimate of drug-likeness (QED) is 0.562. The van der Waals surface area contributed by atoms with E-state index < -0.39 is 0 Å². The van der Waals surface area contributed by atoms with Gasteiger partial charge in [-0.15, -0.1) is 0 Å². The van der Waals surface area contributed by atoms with Crippen LogP contribution < -0.4 is 10.1 Å². The van der Waals surface area contributed by atoms with Crippen LogP contribution in [0.15, 0.2) is 36.8 Å². The molecule has 1 saturated heterocycles. The van der Waals surface area contributed by atoms with E-state index in [9.17, 15) is 10.1 Å². The minimum absolute atomic E-state index is 0.179. The lowest BCUT2D eigenvalue weighted by Crippen LogP contribution is -2.45. The molecule has 0 amide bonds. The second kappa shape index (κ2) is 9.25. The van der Waals surface area contributed by atoms with Gasteiger partial charge in [-0.05, 0) is 31.0 Å². The van der Waals surface area contributed by atoms with Gasteiger partial charge in [0.05, 0.1) is 24.6 Å². The summed E-state index contributed by atoms with van der Waals surface area (Å²) in [7, 11) is 0.